The number of nitrogens with zero attached hydrogens (tertiary/aromatic N) is 2. The van der Waals surface area contributed by atoms with Gasteiger partial charge in [0, 0.05) is 26.9 Å². The first-order valence-electron chi connectivity index (χ1n) is 7.96. The third-order valence-electron chi connectivity index (χ3n) is 4.69. The van der Waals surface area contributed by atoms with Crippen molar-refractivity contribution in [2.45, 2.75) is 25.2 Å². The zero-order valence-electron chi connectivity index (χ0n) is 12.9. The monoisotopic (exact) mass is 352 g/mol. The molecule has 4 rings (SSSR count). The van der Waals surface area contributed by atoms with Crippen LogP contribution in [0.1, 0.15) is 36.4 Å². The van der Waals surface area contributed by atoms with E-state index < -0.39 is 0 Å². The second-order valence-electron chi connectivity index (χ2n) is 6.16. The third kappa shape index (κ3) is 2.55. The van der Waals surface area contributed by atoms with Crippen molar-refractivity contribution in [2.24, 2.45) is 0 Å². The van der Waals surface area contributed by atoms with E-state index in [2.05, 4.69) is 6.07 Å². The van der Waals surface area contributed by atoms with Crippen molar-refractivity contribution in [1.29, 1.82) is 5.26 Å². The molecule has 3 aromatic rings. The maximum atomic E-state index is 9.87. The van der Waals surface area contributed by atoms with Crippen LogP contribution in [0.3, 0.4) is 0 Å². The number of rotatable bonds is 2. The molecular weight excluding hydrogens is 339 g/mol. The molecule has 0 radical (unpaired) electrons. The Bertz CT molecular complexity index is 985. The quantitative estimate of drug-likeness (QED) is 0.538. The van der Waals surface area contributed by atoms with Gasteiger partial charge in [0.1, 0.15) is 6.07 Å². The van der Waals surface area contributed by atoms with Gasteiger partial charge in [0.05, 0.1) is 16.8 Å². The van der Waals surface area contributed by atoms with Crippen LogP contribution >= 0.6 is 23.2 Å². The summed E-state index contributed by atoms with van der Waals surface area (Å²) in [4.78, 5) is 4.80. The second kappa shape index (κ2) is 6.09. The zero-order chi connectivity index (χ0) is 16.7. The molecule has 2 aromatic carbocycles. The highest BCUT2D eigenvalue weighted by molar-refractivity contribution is 6.32. The maximum absolute atomic E-state index is 9.87. The number of pyridine rings is 1. The average Bonchev–Trinajstić information content (AvgIpc) is 2.52. The molecule has 0 spiro atoms. The average molecular weight is 353 g/mol. The Morgan fingerprint density at radius 3 is 2.50 bits per heavy atom. The predicted molar refractivity (Wildman–Crippen MR) is 98.5 cm³/mol. The molecule has 0 aliphatic heterocycles. The minimum absolute atomic E-state index is 0.373. The fourth-order valence-corrected chi connectivity index (χ4v) is 3.65. The van der Waals surface area contributed by atoms with Crippen molar-refractivity contribution >= 4 is 34.1 Å². The maximum Gasteiger partial charge on any atom is 0.102 e. The Morgan fingerprint density at radius 2 is 1.83 bits per heavy atom. The Hall–Kier alpha value is -2.08. The van der Waals surface area contributed by atoms with Crippen LogP contribution in [0.15, 0.2) is 42.5 Å². The van der Waals surface area contributed by atoms with Gasteiger partial charge < -0.3 is 0 Å². The van der Waals surface area contributed by atoms with Crippen LogP contribution in [0.4, 0.5) is 0 Å². The molecule has 0 atom stereocenters. The largest absolute Gasteiger partial charge is 0.251 e. The summed E-state index contributed by atoms with van der Waals surface area (Å²) in [6, 6.07) is 15.6. The molecule has 0 amide bonds. The van der Waals surface area contributed by atoms with Gasteiger partial charge in [0.2, 0.25) is 0 Å². The van der Waals surface area contributed by atoms with Gasteiger partial charge in [-0.1, -0.05) is 41.8 Å². The van der Waals surface area contributed by atoms with Crippen molar-refractivity contribution < 1.29 is 0 Å². The molecule has 2 nitrogen and oxygen atoms in total. The van der Waals surface area contributed by atoms with Gasteiger partial charge in [-0.3, -0.25) is 4.98 Å². The lowest BCUT2D eigenvalue weighted by molar-refractivity contribution is 0.411. The summed E-state index contributed by atoms with van der Waals surface area (Å²) < 4.78 is 0. The second-order valence-corrected chi connectivity index (χ2v) is 7.03. The fraction of sp³-hybridized carbons (Fsp3) is 0.200. The van der Waals surface area contributed by atoms with Crippen LogP contribution in [-0.4, -0.2) is 4.98 Å². The summed E-state index contributed by atoms with van der Waals surface area (Å²) in [7, 11) is 0. The number of hydrogen-bond donors (Lipinski definition) is 0. The minimum Gasteiger partial charge on any atom is -0.251 e. The molecule has 0 bridgehead atoms. The SMILES string of the molecule is N#Cc1c(C2CCC2)nc2ccc(Cl)cc2c1-c1cccc(Cl)c1. The van der Waals surface area contributed by atoms with E-state index in [1.54, 1.807) is 0 Å². The molecule has 0 N–H and O–H groups in total. The standard InChI is InChI=1S/C20H14Cl2N2/c21-14-6-2-5-13(9-14)19-16-10-15(22)7-8-18(16)24-20(17(19)11-23)12-3-1-4-12/h2,5-10,12H,1,3-4H2. The first-order chi connectivity index (χ1) is 11.7. The molecule has 1 aromatic heterocycles. The number of nitriles is 1. The molecule has 1 aliphatic rings. The third-order valence-corrected chi connectivity index (χ3v) is 5.16. The highest BCUT2D eigenvalue weighted by Crippen LogP contribution is 2.42. The van der Waals surface area contributed by atoms with Crippen molar-refractivity contribution in [2.75, 3.05) is 0 Å². The van der Waals surface area contributed by atoms with Crippen LogP contribution in [0, 0.1) is 11.3 Å². The first-order valence-corrected chi connectivity index (χ1v) is 8.72. The van der Waals surface area contributed by atoms with Gasteiger partial charge in [-0.05, 0) is 48.7 Å². The highest BCUT2D eigenvalue weighted by atomic mass is 35.5. The summed E-state index contributed by atoms with van der Waals surface area (Å²) in [6.07, 6.45) is 3.38. The van der Waals surface area contributed by atoms with Gasteiger partial charge in [-0.25, -0.2) is 0 Å². The number of halogens is 2. The Balaban J connectivity index is 2.11. The molecule has 24 heavy (non-hydrogen) atoms. The van der Waals surface area contributed by atoms with Gasteiger partial charge in [0.15, 0.2) is 0 Å². The van der Waals surface area contributed by atoms with E-state index in [4.69, 9.17) is 28.2 Å². The summed E-state index contributed by atoms with van der Waals surface area (Å²) in [5, 5.41) is 12.0. The number of benzene rings is 2. The van der Waals surface area contributed by atoms with E-state index in [0.717, 1.165) is 40.6 Å². The van der Waals surface area contributed by atoms with Crippen LogP contribution in [-0.2, 0) is 0 Å². The molecule has 118 valence electrons. The van der Waals surface area contributed by atoms with Crippen LogP contribution in [0.2, 0.25) is 10.0 Å². The Morgan fingerprint density at radius 1 is 1.04 bits per heavy atom. The van der Waals surface area contributed by atoms with E-state index in [1.807, 2.05) is 42.5 Å². The molecule has 4 heteroatoms. The van der Waals surface area contributed by atoms with E-state index in [0.29, 0.717) is 21.5 Å². The molecular formula is C20H14Cl2N2. The summed E-state index contributed by atoms with van der Waals surface area (Å²) in [5.74, 6) is 0.373. The lowest BCUT2D eigenvalue weighted by Crippen LogP contribution is -2.13. The molecule has 0 unspecified atom stereocenters. The van der Waals surface area contributed by atoms with Gasteiger partial charge in [-0.15, -0.1) is 0 Å². The summed E-state index contributed by atoms with van der Waals surface area (Å²) >= 11 is 12.4. The van der Waals surface area contributed by atoms with Gasteiger partial charge in [0.25, 0.3) is 0 Å². The minimum atomic E-state index is 0.373. The Kier molecular flexibility index (Phi) is 3.92. The highest BCUT2D eigenvalue weighted by Gasteiger charge is 2.27. The van der Waals surface area contributed by atoms with Crippen LogP contribution in [0.5, 0.6) is 0 Å². The van der Waals surface area contributed by atoms with Crippen molar-refractivity contribution in [1.82, 2.24) is 4.98 Å². The predicted octanol–water partition coefficient (Wildman–Crippen LogP) is 6.35. The van der Waals surface area contributed by atoms with Crippen LogP contribution in [0.25, 0.3) is 22.0 Å². The smallest absolute Gasteiger partial charge is 0.102 e. The lowest BCUT2D eigenvalue weighted by Gasteiger charge is -2.27. The van der Waals surface area contributed by atoms with Crippen molar-refractivity contribution in [3.05, 3.63) is 63.8 Å². The molecule has 1 heterocycles. The summed E-state index contributed by atoms with van der Waals surface area (Å²) in [6.45, 7) is 0. The first kappa shape index (κ1) is 15.4. The molecule has 1 saturated carbocycles. The van der Waals surface area contributed by atoms with E-state index in [9.17, 15) is 5.26 Å². The topological polar surface area (TPSA) is 36.7 Å². The zero-order valence-corrected chi connectivity index (χ0v) is 14.4. The van der Waals surface area contributed by atoms with E-state index in [-0.39, 0.29) is 0 Å². The van der Waals surface area contributed by atoms with Crippen molar-refractivity contribution in [3.63, 3.8) is 0 Å². The number of aromatic nitrogens is 1. The van der Waals surface area contributed by atoms with E-state index >= 15 is 0 Å². The van der Waals surface area contributed by atoms with E-state index in [1.165, 1.54) is 6.42 Å². The normalized spacial score (nSPS) is 14.4. The molecule has 1 fully saturated rings. The van der Waals surface area contributed by atoms with Gasteiger partial charge in [-0.2, -0.15) is 5.26 Å². The summed E-state index contributed by atoms with van der Waals surface area (Å²) in [5.41, 5.74) is 4.24. The van der Waals surface area contributed by atoms with Gasteiger partial charge >= 0.3 is 0 Å². The van der Waals surface area contributed by atoms with Crippen LogP contribution < -0.4 is 0 Å². The molecule has 1 aliphatic carbocycles. The van der Waals surface area contributed by atoms with Crippen molar-refractivity contribution in [3.8, 4) is 17.2 Å². The lowest BCUT2D eigenvalue weighted by atomic mass is 9.79. The Labute approximate surface area is 150 Å². The number of fused-ring (bicyclic) bond motifs is 1. The molecule has 0 saturated heterocycles. The number of hydrogen-bond acceptors (Lipinski definition) is 2. The fourth-order valence-electron chi connectivity index (χ4n) is 3.29.